The average molecular weight is 403 g/mol. The van der Waals surface area contributed by atoms with Crippen LogP contribution in [0.15, 0.2) is 42.6 Å². The van der Waals surface area contributed by atoms with Crippen LogP contribution < -0.4 is 5.32 Å². The van der Waals surface area contributed by atoms with Gasteiger partial charge in [-0.3, -0.25) is 4.79 Å². The lowest BCUT2D eigenvalue weighted by Crippen LogP contribution is -2.50. The number of carbonyl (C=O) groups is 2. The van der Waals surface area contributed by atoms with Crippen molar-refractivity contribution in [3.63, 3.8) is 0 Å². The minimum absolute atomic E-state index is 0.0192. The van der Waals surface area contributed by atoms with Gasteiger partial charge in [0.15, 0.2) is 0 Å². The van der Waals surface area contributed by atoms with Gasteiger partial charge in [0, 0.05) is 42.6 Å². The predicted molar refractivity (Wildman–Crippen MR) is 110 cm³/mol. The van der Waals surface area contributed by atoms with E-state index in [2.05, 4.69) is 9.88 Å². The summed E-state index contributed by atoms with van der Waals surface area (Å²) in [4.78, 5) is 29.0. The molecule has 150 valence electrons. The molecule has 0 radical (unpaired) electrons. The number of nitrogens with one attached hydrogen (secondary N) is 1. The lowest BCUT2D eigenvalue weighted by atomic mass is 9.99. The van der Waals surface area contributed by atoms with E-state index in [1.54, 1.807) is 4.90 Å². The van der Waals surface area contributed by atoms with Crippen molar-refractivity contribution in [2.45, 2.75) is 39.4 Å². The Morgan fingerprint density at radius 1 is 1.21 bits per heavy atom. The number of hydrogen-bond acceptors (Lipinski definition) is 2. The fraction of sp³-hybridized carbons (Fsp3) is 0.429. The first-order chi connectivity index (χ1) is 13.4. The van der Waals surface area contributed by atoms with Crippen LogP contribution in [0, 0.1) is 0 Å². The Balaban J connectivity index is 1.88. The molecule has 1 aliphatic rings. The number of aromatic nitrogens is 1. The lowest BCUT2D eigenvalue weighted by molar-refractivity contribution is -0.134. The van der Waals surface area contributed by atoms with Gasteiger partial charge in [-0.1, -0.05) is 29.8 Å². The number of hydrogen-bond donors (Lipinski definition) is 1. The number of urea groups is 1. The molecule has 0 saturated carbocycles. The van der Waals surface area contributed by atoms with Gasteiger partial charge in [-0.2, -0.15) is 0 Å². The van der Waals surface area contributed by atoms with Gasteiger partial charge in [-0.15, -0.1) is 0 Å². The summed E-state index contributed by atoms with van der Waals surface area (Å²) in [6.45, 7) is 7.47. The zero-order valence-corrected chi connectivity index (χ0v) is 17.3. The molecule has 1 aromatic carbocycles. The van der Waals surface area contributed by atoms with Gasteiger partial charge in [0.05, 0.1) is 6.04 Å². The van der Waals surface area contributed by atoms with Gasteiger partial charge in [0.2, 0.25) is 5.91 Å². The molecule has 3 rings (SSSR count). The van der Waals surface area contributed by atoms with Gasteiger partial charge in [-0.25, -0.2) is 4.79 Å². The highest BCUT2D eigenvalue weighted by molar-refractivity contribution is 6.31. The van der Waals surface area contributed by atoms with Gasteiger partial charge in [-0.05, 0) is 44.5 Å². The number of halogens is 1. The van der Waals surface area contributed by atoms with Crippen molar-refractivity contribution in [2.24, 2.45) is 0 Å². The summed E-state index contributed by atoms with van der Waals surface area (Å²) in [6.07, 6.45) is 2.02. The molecule has 0 bridgehead atoms. The summed E-state index contributed by atoms with van der Waals surface area (Å²) >= 11 is 6.48. The highest BCUT2D eigenvalue weighted by Crippen LogP contribution is 2.36. The fourth-order valence-electron chi connectivity index (χ4n) is 3.60. The number of nitrogens with zero attached hydrogens (tertiary/aromatic N) is 3. The number of likely N-dealkylation sites (N-methyl/N-ethyl adjacent to an activating group) is 1. The van der Waals surface area contributed by atoms with Gasteiger partial charge in [0.1, 0.15) is 6.54 Å². The molecule has 0 aliphatic carbocycles. The quantitative estimate of drug-likeness (QED) is 0.831. The van der Waals surface area contributed by atoms with Crippen LogP contribution in [0.2, 0.25) is 5.02 Å². The maximum absolute atomic E-state index is 13.2. The van der Waals surface area contributed by atoms with Crippen LogP contribution in [0.25, 0.3) is 0 Å². The monoisotopic (exact) mass is 402 g/mol. The normalized spacial score (nSPS) is 16.0. The van der Waals surface area contributed by atoms with E-state index in [4.69, 9.17) is 11.6 Å². The summed E-state index contributed by atoms with van der Waals surface area (Å²) in [5.41, 5.74) is 1.93. The molecule has 0 unspecified atom stereocenters. The predicted octanol–water partition coefficient (Wildman–Crippen LogP) is 3.51. The second-order valence-corrected chi connectivity index (χ2v) is 7.66. The van der Waals surface area contributed by atoms with Crippen molar-refractivity contribution in [1.82, 2.24) is 19.7 Å². The van der Waals surface area contributed by atoms with Crippen LogP contribution in [-0.4, -0.2) is 52.0 Å². The number of amides is 3. The molecule has 0 saturated heterocycles. The Hall–Kier alpha value is -2.47. The van der Waals surface area contributed by atoms with Crippen LogP contribution in [0.3, 0.4) is 0 Å². The van der Waals surface area contributed by atoms with Gasteiger partial charge < -0.3 is 19.7 Å². The van der Waals surface area contributed by atoms with E-state index in [9.17, 15) is 9.59 Å². The maximum atomic E-state index is 13.2. The zero-order valence-electron chi connectivity index (χ0n) is 16.6. The number of carbonyl (C=O) groups excluding carboxylic acids is 2. The highest BCUT2D eigenvalue weighted by Gasteiger charge is 2.34. The minimum Gasteiger partial charge on any atom is -0.348 e. The van der Waals surface area contributed by atoms with Crippen molar-refractivity contribution >= 4 is 23.5 Å². The second-order valence-electron chi connectivity index (χ2n) is 7.26. The van der Waals surface area contributed by atoms with E-state index in [-0.39, 0.29) is 30.6 Å². The average Bonchev–Trinajstić information content (AvgIpc) is 3.14. The Morgan fingerprint density at radius 2 is 1.96 bits per heavy atom. The van der Waals surface area contributed by atoms with Crippen LogP contribution in [0.1, 0.15) is 38.1 Å². The first-order valence-corrected chi connectivity index (χ1v) is 10.0. The zero-order chi connectivity index (χ0) is 20.3. The first kappa shape index (κ1) is 20.3. The SMILES string of the molecule is CCN(CC(=O)N1CCn2cccc2[C@@H]1c1ccccc1Cl)C(=O)NC(C)C. The first-order valence-electron chi connectivity index (χ1n) is 9.66. The molecule has 1 aromatic heterocycles. The van der Waals surface area contributed by atoms with Gasteiger partial charge in [0.25, 0.3) is 0 Å². The molecule has 7 heteroatoms. The summed E-state index contributed by atoms with van der Waals surface area (Å²) in [6, 6.07) is 11.2. The summed E-state index contributed by atoms with van der Waals surface area (Å²) in [5, 5.41) is 3.49. The van der Waals surface area contributed by atoms with Crippen LogP contribution in [-0.2, 0) is 11.3 Å². The van der Waals surface area contributed by atoms with Crippen LogP contribution in [0.4, 0.5) is 4.79 Å². The standard InChI is InChI=1S/C21H27ClN4O2/c1-4-24(21(28)23-15(2)3)14-19(27)26-13-12-25-11-7-10-18(25)20(26)16-8-5-6-9-17(16)22/h5-11,15,20H,4,12-14H2,1-3H3,(H,23,28)/t20-/m0/s1. The van der Waals surface area contributed by atoms with E-state index in [0.717, 1.165) is 17.8 Å². The number of benzene rings is 1. The second kappa shape index (κ2) is 8.69. The summed E-state index contributed by atoms with van der Waals surface area (Å²) < 4.78 is 2.15. The Labute approximate surface area is 171 Å². The molecule has 28 heavy (non-hydrogen) atoms. The lowest BCUT2D eigenvalue weighted by Gasteiger charge is -2.38. The number of rotatable bonds is 5. The third kappa shape index (κ3) is 4.17. The van der Waals surface area contributed by atoms with Crippen molar-refractivity contribution in [2.75, 3.05) is 19.6 Å². The molecule has 1 aliphatic heterocycles. The third-order valence-electron chi connectivity index (χ3n) is 4.97. The van der Waals surface area contributed by atoms with Crippen molar-refractivity contribution in [3.8, 4) is 0 Å². The summed E-state index contributed by atoms with van der Waals surface area (Å²) in [5.74, 6) is -0.0851. The molecule has 6 nitrogen and oxygen atoms in total. The fourth-order valence-corrected chi connectivity index (χ4v) is 3.83. The van der Waals surface area contributed by atoms with Crippen molar-refractivity contribution < 1.29 is 9.59 Å². The molecule has 2 heterocycles. The van der Waals surface area contributed by atoms with E-state index in [0.29, 0.717) is 18.1 Å². The molecule has 0 fully saturated rings. The molecule has 3 amide bonds. The topological polar surface area (TPSA) is 57.6 Å². The van der Waals surface area contributed by atoms with E-state index in [1.165, 1.54) is 0 Å². The van der Waals surface area contributed by atoms with Crippen LogP contribution >= 0.6 is 11.6 Å². The molecule has 1 N–H and O–H groups in total. The molecule has 0 spiro atoms. The van der Waals surface area contributed by atoms with Gasteiger partial charge >= 0.3 is 6.03 Å². The summed E-state index contributed by atoms with van der Waals surface area (Å²) in [7, 11) is 0. The van der Waals surface area contributed by atoms with Crippen LogP contribution in [0.5, 0.6) is 0 Å². The largest absolute Gasteiger partial charge is 0.348 e. The molecule has 1 atom stereocenters. The van der Waals surface area contributed by atoms with Crippen molar-refractivity contribution in [1.29, 1.82) is 0 Å². The Morgan fingerprint density at radius 3 is 2.64 bits per heavy atom. The highest BCUT2D eigenvalue weighted by atomic mass is 35.5. The number of fused-ring (bicyclic) bond motifs is 1. The Kier molecular flexibility index (Phi) is 6.29. The minimum atomic E-state index is -0.267. The molecular formula is C21H27ClN4O2. The molecule has 2 aromatic rings. The van der Waals surface area contributed by atoms with E-state index in [1.807, 2.05) is 68.3 Å². The van der Waals surface area contributed by atoms with E-state index >= 15 is 0 Å². The molecular weight excluding hydrogens is 376 g/mol. The van der Waals surface area contributed by atoms with Crippen molar-refractivity contribution in [3.05, 3.63) is 58.9 Å². The third-order valence-corrected chi connectivity index (χ3v) is 5.31. The van der Waals surface area contributed by atoms with E-state index < -0.39 is 0 Å². The smallest absolute Gasteiger partial charge is 0.318 e. The Bertz CT molecular complexity index is 848. The maximum Gasteiger partial charge on any atom is 0.318 e.